The number of benzene rings is 2. The Labute approximate surface area is 188 Å². The van der Waals surface area contributed by atoms with Gasteiger partial charge in [-0.1, -0.05) is 24.3 Å². The maximum Gasteiger partial charge on any atom is 0.231 e. The van der Waals surface area contributed by atoms with Crippen LogP contribution in [0.15, 0.2) is 54.6 Å². The summed E-state index contributed by atoms with van der Waals surface area (Å²) in [5, 5.41) is 2.31. The number of fused-ring (bicyclic) bond motifs is 1. The maximum absolute atomic E-state index is 11.2. The fourth-order valence-corrected chi connectivity index (χ4v) is 3.67. The van der Waals surface area contributed by atoms with Gasteiger partial charge in [0.1, 0.15) is 11.6 Å². The molecular weight excluding hydrogens is 423 g/mol. The third-order valence-electron chi connectivity index (χ3n) is 5.16. The molecule has 1 aliphatic heterocycles. The number of pyridine rings is 1. The molecule has 2 heterocycles. The number of anilines is 1. The molecule has 1 fully saturated rings. The molecule has 30 heavy (non-hydrogen) atoms. The molecule has 0 saturated carbocycles. The molecule has 1 amide bonds. The van der Waals surface area contributed by atoms with Crippen molar-refractivity contribution in [3.8, 4) is 17.0 Å². The molecule has 1 aliphatic rings. The van der Waals surface area contributed by atoms with E-state index in [1.54, 1.807) is 7.11 Å². The summed E-state index contributed by atoms with van der Waals surface area (Å²) in [5.74, 6) is 1.54. The van der Waals surface area contributed by atoms with Gasteiger partial charge in [0.2, 0.25) is 5.91 Å². The molecule has 0 aliphatic carbocycles. The highest BCUT2D eigenvalue weighted by molar-refractivity contribution is 5.95. The maximum atomic E-state index is 11.2. The van der Waals surface area contributed by atoms with Gasteiger partial charge < -0.3 is 15.4 Å². The van der Waals surface area contributed by atoms with E-state index in [0.29, 0.717) is 6.54 Å². The summed E-state index contributed by atoms with van der Waals surface area (Å²) in [7, 11) is 1.67. The summed E-state index contributed by atoms with van der Waals surface area (Å²) in [4.78, 5) is 20.6. The van der Waals surface area contributed by atoms with E-state index in [1.807, 2.05) is 30.3 Å². The normalized spacial score (nSPS) is 14.0. The fourth-order valence-electron chi connectivity index (χ4n) is 3.67. The molecule has 0 bridgehead atoms. The number of nitrogens with two attached hydrogens (primary N) is 1. The Morgan fingerprint density at radius 1 is 1.03 bits per heavy atom. The third kappa shape index (κ3) is 5.14. The van der Waals surface area contributed by atoms with Gasteiger partial charge in [0.25, 0.3) is 0 Å². The zero-order valence-corrected chi connectivity index (χ0v) is 18.4. The quantitative estimate of drug-likeness (QED) is 0.647. The van der Waals surface area contributed by atoms with Crippen molar-refractivity contribution in [2.24, 2.45) is 5.73 Å². The Morgan fingerprint density at radius 2 is 1.70 bits per heavy atom. The van der Waals surface area contributed by atoms with Crippen molar-refractivity contribution in [1.82, 2.24) is 9.88 Å². The second kappa shape index (κ2) is 10.5. The van der Waals surface area contributed by atoms with Gasteiger partial charge in [0, 0.05) is 37.1 Å². The molecule has 2 aromatic carbocycles. The van der Waals surface area contributed by atoms with E-state index >= 15 is 0 Å². The van der Waals surface area contributed by atoms with Crippen LogP contribution in [0, 0.1) is 0 Å². The minimum Gasteiger partial charge on any atom is -0.497 e. The topological polar surface area (TPSA) is 71.7 Å². The summed E-state index contributed by atoms with van der Waals surface area (Å²) in [6, 6.07) is 18.4. The van der Waals surface area contributed by atoms with Crippen LogP contribution in [0.5, 0.6) is 5.75 Å². The van der Waals surface area contributed by atoms with Gasteiger partial charge in [0.05, 0.1) is 19.3 Å². The average molecular weight is 449 g/mol. The number of carbonyl (C=O) groups is 1. The third-order valence-corrected chi connectivity index (χ3v) is 5.16. The molecule has 3 aromatic rings. The minimum absolute atomic E-state index is 0. The van der Waals surface area contributed by atoms with Gasteiger partial charge in [0.15, 0.2) is 0 Å². The first kappa shape index (κ1) is 23.7. The first-order valence-electron chi connectivity index (χ1n) is 9.44. The van der Waals surface area contributed by atoms with Crippen molar-refractivity contribution in [2.45, 2.75) is 0 Å². The number of halogens is 2. The van der Waals surface area contributed by atoms with Gasteiger partial charge in [-0.05, 0) is 35.7 Å². The number of aromatic nitrogens is 1. The molecule has 0 unspecified atom stereocenters. The first-order chi connectivity index (χ1) is 13.6. The largest absolute Gasteiger partial charge is 0.497 e. The van der Waals surface area contributed by atoms with Crippen molar-refractivity contribution in [1.29, 1.82) is 0 Å². The fraction of sp³-hybridized carbons (Fsp3) is 0.273. The van der Waals surface area contributed by atoms with E-state index in [1.165, 1.54) is 0 Å². The molecule has 2 N–H and O–H groups in total. The van der Waals surface area contributed by atoms with Crippen LogP contribution in [0.25, 0.3) is 22.0 Å². The van der Waals surface area contributed by atoms with Crippen molar-refractivity contribution in [3.63, 3.8) is 0 Å². The van der Waals surface area contributed by atoms with Crippen molar-refractivity contribution < 1.29 is 9.53 Å². The molecule has 1 saturated heterocycles. The molecule has 0 radical (unpaired) electrons. The lowest BCUT2D eigenvalue weighted by Gasteiger charge is -2.35. The van der Waals surface area contributed by atoms with E-state index < -0.39 is 0 Å². The molecule has 1 aromatic heterocycles. The highest BCUT2D eigenvalue weighted by Crippen LogP contribution is 2.31. The smallest absolute Gasteiger partial charge is 0.231 e. The van der Waals surface area contributed by atoms with Gasteiger partial charge in [-0.3, -0.25) is 9.69 Å². The summed E-state index contributed by atoms with van der Waals surface area (Å²) in [6.45, 7) is 3.54. The Kier molecular flexibility index (Phi) is 8.29. The van der Waals surface area contributed by atoms with E-state index in [-0.39, 0.29) is 30.7 Å². The Hall–Kier alpha value is -2.54. The van der Waals surface area contributed by atoms with E-state index in [4.69, 9.17) is 15.5 Å². The molecule has 0 spiro atoms. The Balaban J connectivity index is 0.00000160. The summed E-state index contributed by atoms with van der Waals surface area (Å²) in [5.41, 5.74) is 7.33. The van der Waals surface area contributed by atoms with Crippen molar-refractivity contribution in [2.75, 3.05) is 44.7 Å². The van der Waals surface area contributed by atoms with Gasteiger partial charge >= 0.3 is 0 Å². The molecule has 8 heteroatoms. The number of carbonyl (C=O) groups excluding carboxylic acids is 1. The van der Waals surface area contributed by atoms with Gasteiger partial charge in [-0.25, -0.2) is 4.98 Å². The predicted octanol–water partition coefficient (Wildman–Crippen LogP) is 3.36. The van der Waals surface area contributed by atoms with E-state index in [9.17, 15) is 4.79 Å². The van der Waals surface area contributed by atoms with Gasteiger partial charge in [-0.15, -0.1) is 24.8 Å². The summed E-state index contributed by atoms with van der Waals surface area (Å²) >= 11 is 0. The number of piperazine rings is 1. The van der Waals surface area contributed by atoms with Crippen LogP contribution in [0.1, 0.15) is 0 Å². The number of primary amides is 1. The SMILES string of the molecule is COc1ccc(-c2cc3ccccc3c(N3CCN(CC(N)=O)CC3)n2)cc1.Cl.Cl. The second-order valence-corrected chi connectivity index (χ2v) is 7.01. The number of ether oxygens (including phenoxy) is 1. The van der Waals surface area contributed by atoms with Crippen molar-refractivity contribution >= 4 is 47.3 Å². The number of methoxy groups -OCH3 is 1. The van der Waals surface area contributed by atoms with Crippen LogP contribution in [0.4, 0.5) is 5.82 Å². The zero-order chi connectivity index (χ0) is 19.5. The molecule has 6 nitrogen and oxygen atoms in total. The molecular formula is C22H26Cl2N4O2. The number of hydrogen-bond donors (Lipinski definition) is 1. The monoisotopic (exact) mass is 448 g/mol. The number of amides is 1. The van der Waals surface area contributed by atoms with Gasteiger partial charge in [-0.2, -0.15) is 0 Å². The highest BCUT2D eigenvalue weighted by atomic mass is 35.5. The summed E-state index contributed by atoms with van der Waals surface area (Å²) < 4.78 is 5.27. The number of hydrogen-bond acceptors (Lipinski definition) is 5. The molecule has 160 valence electrons. The Bertz CT molecular complexity index is 990. The van der Waals surface area contributed by atoms with Crippen LogP contribution in [-0.2, 0) is 4.79 Å². The lowest BCUT2D eigenvalue weighted by molar-refractivity contribution is -0.119. The van der Waals surface area contributed by atoms with Crippen LogP contribution >= 0.6 is 24.8 Å². The predicted molar refractivity (Wildman–Crippen MR) is 126 cm³/mol. The lowest BCUT2D eigenvalue weighted by atomic mass is 10.1. The molecule has 4 rings (SSSR count). The lowest BCUT2D eigenvalue weighted by Crippen LogP contribution is -2.49. The van der Waals surface area contributed by atoms with Crippen molar-refractivity contribution in [3.05, 3.63) is 54.6 Å². The number of nitrogens with zero attached hydrogens (tertiary/aromatic N) is 3. The van der Waals surface area contributed by atoms with Crippen LogP contribution in [0.2, 0.25) is 0 Å². The second-order valence-electron chi connectivity index (χ2n) is 7.01. The molecule has 0 atom stereocenters. The highest BCUT2D eigenvalue weighted by Gasteiger charge is 2.21. The van der Waals surface area contributed by atoms with Crippen LogP contribution in [0.3, 0.4) is 0 Å². The first-order valence-corrected chi connectivity index (χ1v) is 9.44. The van der Waals surface area contributed by atoms with Crippen LogP contribution < -0.4 is 15.4 Å². The van der Waals surface area contributed by atoms with Crippen LogP contribution in [-0.4, -0.2) is 55.6 Å². The Morgan fingerprint density at radius 3 is 2.33 bits per heavy atom. The van der Waals surface area contributed by atoms with E-state index in [2.05, 4.69) is 34.1 Å². The minimum atomic E-state index is -0.279. The zero-order valence-electron chi connectivity index (χ0n) is 16.8. The standard InChI is InChI=1S/C22H24N4O2.2ClH/c1-28-18-8-6-16(7-9-18)20-14-17-4-2-3-5-19(17)22(24-20)26-12-10-25(11-13-26)15-21(23)27;;/h2-9,14H,10-13,15H2,1H3,(H2,23,27);2*1H. The average Bonchev–Trinajstić information content (AvgIpc) is 2.73. The summed E-state index contributed by atoms with van der Waals surface area (Å²) in [6.07, 6.45) is 0. The number of rotatable bonds is 5. The van der Waals surface area contributed by atoms with E-state index in [0.717, 1.165) is 59.8 Å².